The molecule has 0 aliphatic rings. The lowest BCUT2D eigenvalue weighted by atomic mass is 10.4. The van der Waals surface area contributed by atoms with E-state index >= 15 is 0 Å². The van der Waals surface area contributed by atoms with Crippen molar-refractivity contribution in [1.29, 1.82) is 0 Å². The molecule has 0 aliphatic carbocycles. The summed E-state index contributed by atoms with van der Waals surface area (Å²) in [6.45, 7) is 5.22. The van der Waals surface area contributed by atoms with Crippen molar-refractivity contribution in [3.63, 3.8) is 0 Å². The molecule has 0 saturated heterocycles. The molecule has 0 aromatic heterocycles. The number of hydrogen-bond acceptors (Lipinski definition) is 3. The molecule has 0 spiro atoms. The topological polar surface area (TPSA) is 66.4 Å². The predicted octanol–water partition coefficient (Wildman–Crippen LogP) is 1.01. The molecular formula is C9H13NO3S. The minimum Gasteiger partial charge on any atom is -0.479 e. The third-order valence-electron chi connectivity index (χ3n) is 1.21. The second-order valence-electron chi connectivity index (χ2n) is 2.28. The first-order chi connectivity index (χ1) is 6.61. The van der Waals surface area contributed by atoms with E-state index in [1.807, 2.05) is 6.92 Å². The first-order valence-corrected chi connectivity index (χ1v) is 5.10. The highest BCUT2D eigenvalue weighted by molar-refractivity contribution is 8.00. The molecule has 78 valence electrons. The van der Waals surface area contributed by atoms with Crippen molar-refractivity contribution in [2.45, 2.75) is 12.3 Å². The zero-order valence-electron chi connectivity index (χ0n) is 7.90. The molecule has 0 aromatic carbocycles. The Hall–Kier alpha value is -1.23. The molecule has 5 heteroatoms. The van der Waals surface area contributed by atoms with E-state index in [0.29, 0.717) is 5.75 Å². The van der Waals surface area contributed by atoms with Crippen LogP contribution >= 0.6 is 11.8 Å². The van der Waals surface area contributed by atoms with Crippen molar-refractivity contribution >= 4 is 23.6 Å². The van der Waals surface area contributed by atoms with Gasteiger partial charge in [-0.25, -0.2) is 4.79 Å². The van der Waals surface area contributed by atoms with Crippen LogP contribution in [0.15, 0.2) is 24.8 Å². The van der Waals surface area contributed by atoms with Crippen LogP contribution in [0.1, 0.15) is 6.92 Å². The molecule has 0 fully saturated rings. The number of amides is 1. The SMILES string of the molecule is C=CC=CC(=O)NC(SCC)C(=O)O. The summed E-state index contributed by atoms with van der Waals surface area (Å²) in [5.74, 6) is -0.849. The first kappa shape index (κ1) is 12.8. The summed E-state index contributed by atoms with van der Waals surface area (Å²) >= 11 is 1.16. The zero-order valence-corrected chi connectivity index (χ0v) is 8.71. The number of allylic oxidation sites excluding steroid dienone is 2. The molecule has 1 unspecified atom stereocenters. The average Bonchev–Trinajstić information content (AvgIpc) is 2.14. The van der Waals surface area contributed by atoms with Crippen molar-refractivity contribution in [2.75, 3.05) is 5.75 Å². The number of hydrogen-bond donors (Lipinski definition) is 2. The maximum absolute atomic E-state index is 11.1. The number of carboxylic acid groups (broad SMARTS) is 1. The van der Waals surface area contributed by atoms with Gasteiger partial charge < -0.3 is 10.4 Å². The van der Waals surface area contributed by atoms with Crippen molar-refractivity contribution in [3.8, 4) is 0 Å². The monoisotopic (exact) mass is 215 g/mol. The van der Waals surface area contributed by atoms with Gasteiger partial charge in [0.2, 0.25) is 5.91 Å². The lowest BCUT2D eigenvalue weighted by molar-refractivity contribution is -0.138. The van der Waals surface area contributed by atoms with Gasteiger partial charge in [-0.3, -0.25) is 4.79 Å². The molecule has 0 saturated carbocycles. The summed E-state index contributed by atoms with van der Waals surface area (Å²) in [6, 6.07) is 0. The van der Waals surface area contributed by atoms with Gasteiger partial charge in [0.05, 0.1) is 0 Å². The van der Waals surface area contributed by atoms with Crippen LogP contribution in [-0.4, -0.2) is 28.1 Å². The van der Waals surface area contributed by atoms with E-state index in [1.54, 1.807) is 0 Å². The molecule has 0 aliphatic heterocycles. The van der Waals surface area contributed by atoms with Crippen molar-refractivity contribution in [1.82, 2.24) is 5.32 Å². The summed E-state index contributed by atoms with van der Waals surface area (Å²) < 4.78 is 0. The maximum Gasteiger partial charge on any atom is 0.336 e. The van der Waals surface area contributed by atoms with Crippen LogP contribution < -0.4 is 5.32 Å². The third-order valence-corrected chi connectivity index (χ3v) is 2.20. The quantitative estimate of drug-likeness (QED) is 0.394. The number of aliphatic carboxylic acids is 1. The number of nitrogens with one attached hydrogen (secondary N) is 1. The van der Waals surface area contributed by atoms with E-state index < -0.39 is 17.3 Å². The molecule has 1 atom stereocenters. The molecule has 0 radical (unpaired) electrons. The molecule has 0 rings (SSSR count). The fraction of sp³-hybridized carbons (Fsp3) is 0.333. The zero-order chi connectivity index (χ0) is 11.0. The van der Waals surface area contributed by atoms with Crippen molar-refractivity contribution < 1.29 is 14.7 Å². The number of carbonyl (C=O) groups excluding carboxylic acids is 1. The first-order valence-electron chi connectivity index (χ1n) is 4.05. The number of thioether (sulfide) groups is 1. The van der Waals surface area contributed by atoms with E-state index in [0.717, 1.165) is 11.8 Å². The average molecular weight is 215 g/mol. The summed E-state index contributed by atoms with van der Waals surface area (Å²) in [7, 11) is 0. The second kappa shape index (κ2) is 7.20. The molecule has 1 amide bonds. The van der Waals surface area contributed by atoms with Crippen LogP contribution in [0.2, 0.25) is 0 Å². The van der Waals surface area contributed by atoms with Crippen LogP contribution in [0.5, 0.6) is 0 Å². The smallest absolute Gasteiger partial charge is 0.336 e. The molecule has 2 N–H and O–H groups in total. The fourth-order valence-corrected chi connectivity index (χ4v) is 1.35. The number of carboxylic acids is 1. The Kier molecular flexibility index (Phi) is 6.57. The van der Waals surface area contributed by atoms with E-state index in [9.17, 15) is 9.59 Å². The van der Waals surface area contributed by atoms with Gasteiger partial charge in [0.1, 0.15) is 0 Å². The summed E-state index contributed by atoms with van der Waals surface area (Å²) in [5, 5.41) is 10.2. The molecule has 0 bridgehead atoms. The van der Waals surface area contributed by atoms with E-state index in [-0.39, 0.29) is 0 Å². The van der Waals surface area contributed by atoms with Crippen LogP contribution in [0.4, 0.5) is 0 Å². The van der Waals surface area contributed by atoms with E-state index in [4.69, 9.17) is 5.11 Å². The van der Waals surface area contributed by atoms with Gasteiger partial charge in [0.15, 0.2) is 5.37 Å². The largest absolute Gasteiger partial charge is 0.479 e. The Balaban J connectivity index is 4.15. The normalized spacial score (nSPS) is 12.4. The van der Waals surface area contributed by atoms with Gasteiger partial charge in [-0.15, -0.1) is 11.8 Å². The highest BCUT2D eigenvalue weighted by Gasteiger charge is 2.17. The predicted molar refractivity (Wildman–Crippen MR) is 57.0 cm³/mol. The Morgan fingerprint density at radius 3 is 2.71 bits per heavy atom. The standard InChI is InChI=1S/C9H13NO3S/c1-3-5-6-7(11)10-8(9(12)13)14-4-2/h3,5-6,8H,1,4H2,2H3,(H,10,11)(H,12,13). The third kappa shape index (κ3) is 5.42. The lowest BCUT2D eigenvalue weighted by Crippen LogP contribution is -2.37. The van der Waals surface area contributed by atoms with Crippen LogP contribution in [0, 0.1) is 0 Å². The van der Waals surface area contributed by atoms with Gasteiger partial charge in [0, 0.05) is 6.08 Å². The maximum atomic E-state index is 11.1. The molecule has 0 aromatic rings. The van der Waals surface area contributed by atoms with E-state index in [2.05, 4.69) is 11.9 Å². The molecule has 14 heavy (non-hydrogen) atoms. The van der Waals surface area contributed by atoms with Crippen LogP contribution in [0.3, 0.4) is 0 Å². The van der Waals surface area contributed by atoms with Crippen LogP contribution in [-0.2, 0) is 9.59 Å². The molecule has 4 nitrogen and oxygen atoms in total. The van der Waals surface area contributed by atoms with Gasteiger partial charge in [0.25, 0.3) is 0 Å². The number of carbonyl (C=O) groups is 2. The molecule has 0 heterocycles. The van der Waals surface area contributed by atoms with Crippen molar-refractivity contribution in [2.24, 2.45) is 0 Å². The summed E-state index contributed by atoms with van der Waals surface area (Å²) in [6.07, 6.45) is 4.13. The van der Waals surface area contributed by atoms with Gasteiger partial charge >= 0.3 is 5.97 Å². The summed E-state index contributed by atoms with van der Waals surface area (Å²) in [5.41, 5.74) is 0. The highest BCUT2D eigenvalue weighted by Crippen LogP contribution is 2.07. The fourth-order valence-electron chi connectivity index (χ4n) is 0.674. The second-order valence-corrected chi connectivity index (χ2v) is 3.66. The Labute approximate surface area is 87.1 Å². The van der Waals surface area contributed by atoms with Crippen LogP contribution in [0.25, 0.3) is 0 Å². The lowest BCUT2D eigenvalue weighted by Gasteiger charge is -2.10. The Bertz CT molecular complexity index is 250. The summed E-state index contributed by atoms with van der Waals surface area (Å²) in [4.78, 5) is 21.7. The highest BCUT2D eigenvalue weighted by atomic mass is 32.2. The Morgan fingerprint density at radius 2 is 2.29 bits per heavy atom. The van der Waals surface area contributed by atoms with Gasteiger partial charge in [-0.1, -0.05) is 25.7 Å². The van der Waals surface area contributed by atoms with E-state index in [1.165, 1.54) is 18.2 Å². The Morgan fingerprint density at radius 1 is 1.64 bits per heavy atom. The van der Waals surface area contributed by atoms with Gasteiger partial charge in [-0.05, 0) is 5.75 Å². The number of rotatable bonds is 6. The molecular weight excluding hydrogens is 202 g/mol. The minimum absolute atomic E-state index is 0.432. The van der Waals surface area contributed by atoms with Crippen molar-refractivity contribution in [3.05, 3.63) is 24.8 Å². The van der Waals surface area contributed by atoms with Gasteiger partial charge in [-0.2, -0.15) is 0 Å². The minimum atomic E-state index is -1.04.